The van der Waals surface area contributed by atoms with E-state index in [9.17, 15) is 9.18 Å². The minimum atomic E-state index is -0.414. The van der Waals surface area contributed by atoms with Crippen molar-refractivity contribution in [3.05, 3.63) is 51.6 Å². The highest BCUT2D eigenvalue weighted by atomic mass is 35.5. The van der Waals surface area contributed by atoms with Gasteiger partial charge in [-0.25, -0.2) is 4.39 Å². The molecule has 0 bridgehead atoms. The quantitative estimate of drug-likeness (QED) is 0.819. The predicted molar refractivity (Wildman–Crippen MR) is 86.9 cm³/mol. The van der Waals surface area contributed by atoms with Crippen molar-refractivity contribution < 1.29 is 13.7 Å². The molecule has 1 atom stereocenters. The lowest BCUT2D eigenvalue weighted by Gasteiger charge is -2.23. The number of amides is 1. The number of halogens is 2. The number of benzene rings is 1. The summed E-state index contributed by atoms with van der Waals surface area (Å²) in [4.78, 5) is 14.3. The fraction of sp³-hybridized carbons (Fsp3) is 0.412. The van der Waals surface area contributed by atoms with Gasteiger partial charge in [-0.15, -0.1) is 0 Å². The molecule has 0 aliphatic rings. The van der Waals surface area contributed by atoms with Crippen LogP contribution in [0.5, 0.6) is 0 Å². The molecule has 2 rings (SSSR count). The summed E-state index contributed by atoms with van der Waals surface area (Å²) in [6.45, 7) is 5.65. The zero-order valence-electron chi connectivity index (χ0n) is 13.7. The van der Waals surface area contributed by atoms with Crippen molar-refractivity contribution in [1.82, 2.24) is 10.1 Å². The van der Waals surface area contributed by atoms with Crippen LogP contribution in [-0.2, 0) is 11.3 Å². The number of aryl methyl sites for hydroxylation is 2. The van der Waals surface area contributed by atoms with Gasteiger partial charge in [-0.3, -0.25) is 4.79 Å². The van der Waals surface area contributed by atoms with Crippen LogP contribution in [0.4, 0.5) is 4.39 Å². The highest BCUT2D eigenvalue weighted by molar-refractivity contribution is 6.31. The highest BCUT2D eigenvalue weighted by Crippen LogP contribution is 2.29. The number of nitrogens with zero attached hydrogens (tertiary/aromatic N) is 2. The van der Waals surface area contributed by atoms with E-state index in [4.69, 9.17) is 16.1 Å². The van der Waals surface area contributed by atoms with E-state index in [2.05, 4.69) is 5.16 Å². The lowest BCUT2D eigenvalue weighted by molar-refractivity contribution is -0.132. The van der Waals surface area contributed by atoms with E-state index in [-0.39, 0.29) is 18.4 Å². The summed E-state index contributed by atoms with van der Waals surface area (Å²) >= 11 is 6.04. The van der Waals surface area contributed by atoms with Gasteiger partial charge < -0.3 is 9.42 Å². The van der Waals surface area contributed by atoms with Crippen LogP contribution >= 0.6 is 11.6 Å². The molecule has 0 saturated heterocycles. The molecule has 1 aromatic heterocycles. The van der Waals surface area contributed by atoms with Gasteiger partial charge in [0.05, 0.1) is 11.6 Å². The van der Waals surface area contributed by atoms with E-state index < -0.39 is 5.82 Å². The van der Waals surface area contributed by atoms with Gasteiger partial charge >= 0.3 is 0 Å². The molecule has 124 valence electrons. The number of carbonyl (C=O) groups is 1. The molecule has 2 aromatic rings. The van der Waals surface area contributed by atoms with Crippen molar-refractivity contribution in [1.29, 1.82) is 0 Å². The maximum Gasteiger partial charge on any atom is 0.230 e. The Labute approximate surface area is 140 Å². The summed E-state index contributed by atoms with van der Waals surface area (Å²) in [6.07, 6.45) is 0.608. The van der Waals surface area contributed by atoms with Crippen LogP contribution in [-0.4, -0.2) is 23.0 Å². The Hall–Kier alpha value is -1.88. The van der Waals surface area contributed by atoms with E-state index in [0.29, 0.717) is 28.5 Å². The first-order chi connectivity index (χ1) is 10.9. The SMILES string of the molecule is CC[C@@H](C(=O)N(C)Cc1c(F)cccc1Cl)c1c(C)noc1C. The van der Waals surface area contributed by atoms with Crippen molar-refractivity contribution in [3.63, 3.8) is 0 Å². The van der Waals surface area contributed by atoms with Gasteiger partial charge in [0, 0.05) is 29.7 Å². The average molecular weight is 339 g/mol. The Balaban J connectivity index is 2.24. The van der Waals surface area contributed by atoms with E-state index in [1.54, 1.807) is 26.1 Å². The molecule has 0 aliphatic heterocycles. The summed E-state index contributed by atoms with van der Waals surface area (Å²) in [5, 5.41) is 4.23. The summed E-state index contributed by atoms with van der Waals surface area (Å²) in [7, 11) is 1.64. The summed E-state index contributed by atoms with van der Waals surface area (Å²) < 4.78 is 19.1. The van der Waals surface area contributed by atoms with Crippen LogP contribution < -0.4 is 0 Å². The van der Waals surface area contributed by atoms with Crippen molar-refractivity contribution in [2.45, 2.75) is 39.7 Å². The topological polar surface area (TPSA) is 46.3 Å². The maximum absolute atomic E-state index is 13.9. The van der Waals surface area contributed by atoms with E-state index in [1.807, 2.05) is 13.8 Å². The van der Waals surface area contributed by atoms with Crippen LogP contribution in [0.2, 0.25) is 5.02 Å². The van der Waals surface area contributed by atoms with Gasteiger partial charge in [-0.2, -0.15) is 0 Å². The second-order valence-corrected chi connectivity index (χ2v) is 6.00. The first-order valence-electron chi connectivity index (χ1n) is 7.47. The average Bonchev–Trinajstić information content (AvgIpc) is 2.84. The molecule has 23 heavy (non-hydrogen) atoms. The van der Waals surface area contributed by atoms with Crippen molar-refractivity contribution in [3.8, 4) is 0 Å². The third kappa shape index (κ3) is 3.55. The van der Waals surface area contributed by atoms with E-state index in [0.717, 1.165) is 5.56 Å². The lowest BCUT2D eigenvalue weighted by atomic mass is 9.93. The fourth-order valence-electron chi connectivity index (χ4n) is 2.75. The zero-order chi connectivity index (χ0) is 17.1. The van der Waals surface area contributed by atoms with Crippen molar-refractivity contribution in [2.24, 2.45) is 0 Å². The minimum absolute atomic E-state index is 0.110. The largest absolute Gasteiger partial charge is 0.361 e. The van der Waals surface area contributed by atoms with Gasteiger partial charge in [-0.1, -0.05) is 29.7 Å². The Morgan fingerprint density at radius 1 is 1.43 bits per heavy atom. The van der Waals surface area contributed by atoms with Gasteiger partial charge in [0.2, 0.25) is 5.91 Å². The monoisotopic (exact) mass is 338 g/mol. The van der Waals surface area contributed by atoms with Crippen LogP contribution in [0.15, 0.2) is 22.7 Å². The van der Waals surface area contributed by atoms with Gasteiger partial charge in [0.15, 0.2) is 0 Å². The molecule has 0 radical (unpaired) electrons. The fourth-order valence-corrected chi connectivity index (χ4v) is 2.98. The lowest BCUT2D eigenvalue weighted by Crippen LogP contribution is -2.32. The molecule has 0 aliphatic carbocycles. The Bertz CT molecular complexity index is 675. The molecule has 4 nitrogen and oxygen atoms in total. The number of likely N-dealkylation sites (N-methyl/N-ethyl adjacent to an activating group) is 1. The molecule has 0 N–H and O–H groups in total. The zero-order valence-corrected chi connectivity index (χ0v) is 14.4. The van der Waals surface area contributed by atoms with Crippen LogP contribution in [0.1, 0.15) is 41.8 Å². The Morgan fingerprint density at radius 2 is 2.13 bits per heavy atom. The normalized spacial score (nSPS) is 12.3. The summed E-state index contributed by atoms with van der Waals surface area (Å²) in [5.74, 6) is -0.249. The number of hydrogen-bond donors (Lipinski definition) is 0. The number of hydrogen-bond acceptors (Lipinski definition) is 3. The number of carbonyl (C=O) groups excluding carboxylic acids is 1. The standard InChI is InChI=1S/C17H20ClFN2O2/c1-5-12(16-10(2)20-23-11(16)3)17(22)21(4)9-13-14(18)7-6-8-15(13)19/h6-8,12H,5,9H2,1-4H3/t12-/m1/s1. The first-order valence-corrected chi connectivity index (χ1v) is 7.85. The second-order valence-electron chi connectivity index (χ2n) is 5.59. The summed E-state index contributed by atoms with van der Waals surface area (Å²) in [6, 6.07) is 4.50. The van der Waals surface area contributed by atoms with E-state index in [1.165, 1.54) is 11.0 Å². The molecule has 6 heteroatoms. The van der Waals surface area contributed by atoms with Crippen molar-refractivity contribution in [2.75, 3.05) is 7.05 Å². The third-order valence-corrected chi connectivity index (χ3v) is 4.33. The first kappa shape index (κ1) is 17.5. The molecule has 0 saturated carbocycles. The Kier molecular flexibility index (Phi) is 5.42. The smallest absolute Gasteiger partial charge is 0.230 e. The molecule has 0 unspecified atom stereocenters. The Morgan fingerprint density at radius 3 is 2.65 bits per heavy atom. The molecular weight excluding hydrogens is 319 g/mol. The van der Waals surface area contributed by atoms with Gasteiger partial charge in [0.25, 0.3) is 0 Å². The van der Waals surface area contributed by atoms with Crippen LogP contribution in [0.3, 0.4) is 0 Å². The number of rotatable bonds is 5. The minimum Gasteiger partial charge on any atom is -0.361 e. The second kappa shape index (κ2) is 7.13. The molecule has 1 amide bonds. The van der Waals surface area contributed by atoms with Gasteiger partial charge in [0.1, 0.15) is 11.6 Å². The maximum atomic E-state index is 13.9. The molecule has 0 fully saturated rings. The van der Waals surface area contributed by atoms with Crippen molar-refractivity contribution >= 4 is 17.5 Å². The number of aromatic nitrogens is 1. The molecule has 0 spiro atoms. The molecular formula is C17H20ClFN2O2. The van der Waals surface area contributed by atoms with E-state index >= 15 is 0 Å². The van der Waals surface area contributed by atoms with Crippen LogP contribution in [0.25, 0.3) is 0 Å². The third-order valence-electron chi connectivity index (χ3n) is 3.98. The van der Waals surface area contributed by atoms with Crippen LogP contribution in [0, 0.1) is 19.7 Å². The predicted octanol–water partition coefficient (Wildman–Crippen LogP) is 4.24. The highest BCUT2D eigenvalue weighted by Gasteiger charge is 2.28. The molecule has 1 heterocycles. The molecule has 1 aromatic carbocycles. The van der Waals surface area contributed by atoms with Gasteiger partial charge in [-0.05, 0) is 32.4 Å². The summed E-state index contributed by atoms with van der Waals surface area (Å²) in [5.41, 5.74) is 1.84.